The van der Waals surface area contributed by atoms with Crippen molar-refractivity contribution < 1.29 is 47.8 Å². The van der Waals surface area contributed by atoms with E-state index in [-0.39, 0.29) is 19.4 Å². The SMILES string of the molecule is CC/C=C/C=C/C=C/C=C/CCCCCCCC(=O)O[C@H](COC(=O)CCCCCCCCCCCCCCCCCC)COP(=O)(O)OC[C@@H](O)CO. The second kappa shape index (κ2) is 39.2. The Bertz CT molecular complexity index is 1040. The number of rotatable bonds is 39. The van der Waals surface area contributed by atoms with Crippen molar-refractivity contribution in [3.8, 4) is 0 Å². The molecule has 0 fully saturated rings. The molecule has 0 aromatic rings. The van der Waals surface area contributed by atoms with E-state index >= 15 is 0 Å². The van der Waals surface area contributed by atoms with Crippen LogP contribution in [-0.2, 0) is 32.7 Å². The highest BCUT2D eigenvalue weighted by Gasteiger charge is 2.27. The highest BCUT2D eigenvalue weighted by Crippen LogP contribution is 2.43. The average Bonchev–Trinajstić information content (AvgIpc) is 3.16. The highest BCUT2D eigenvalue weighted by atomic mass is 31.2. The van der Waals surface area contributed by atoms with Crippen molar-refractivity contribution in [1.82, 2.24) is 0 Å². The first-order valence-electron chi connectivity index (χ1n) is 21.1. The molecule has 0 rings (SSSR count). The highest BCUT2D eigenvalue weighted by molar-refractivity contribution is 7.47. The zero-order chi connectivity index (χ0) is 39.8. The molecule has 3 N–H and O–H groups in total. The summed E-state index contributed by atoms with van der Waals surface area (Å²) in [6.45, 7) is 2.22. The molecule has 54 heavy (non-hydrogen) atoms. The predicted octanol–water partition coefficient (Wildman–Crippen LogP) is 10.9. The molecule has 10 nitrogen and oxygen atoms in total. The van der Waals surface area contributed by atoms with Crippen molar-refractivity contribution in [2.24, 2.45) is 0 Å². The van der Waals surface area contributed by atoms with Crippen molar-refractivity contribution >= 4 is 19.8 Å². The summed E-state index contributed by atoms with van der Waals surface area (Å²) in [5, 5.41) is 18.3. The molecule has 0 aliphatic rings. The van der Waals surface area contributed by atoms with Crippen molar-refractivity contribution in [3.05, 3.63) is 48.6 Å². The van der Waals surface area contributed by atoms with E-state index < -0.39 is 51.8 Å². The van der Waals surface area contributed by atoms with Crippen LogP contribution in [-0.4, -0.2) is 65.7 Å². The Morgan fingerprint density at radius 3 is 1.54 bits per heavy atom. The third kappa shape index (κ3) is 38.2. The second-order valence-corrected chi connectivity index (χ2v) is 15.5. The standard InChI is InChI=1S/C43H77O10P/c1-3-5-7-9-11-13-15-17-19-21-22-24-26-28-30-32-34-42(46)50-38-41(39-52-54(48,49)51-37-40(45)36-44)53-43(47)35-33-31-29-27-25-23-20-18-16-14-12-10-8-6-4-2/h6,8,10,12,14,16,18,20,40-41,44-45H,3-5,7,9,11,13,15,17,19,21-39H2,1-2H3,(H,48,49)/b8-6+,12-10+,16-14+,20-18+/t40-,41+/m0/s1. The minimum atomic E-state index is -4.62. The fourth-order valence-corrected chi connectivity index (χ4v) is 6.38. The normalized spacial score (nSPS) is 14.4. The Balaban J connectivity index is 4.33. The molecule has 0 amide bonds. The maximum atomic E-state index is 12.6. The minimum Gasteiger partial charge on any atom is -0.462 e. The molecule has 0 bridgehead atoms. The molecule has 0 heterocycles. The fourth-order valence-electron chi connectivity index (χ4n) is 5.59. The Kier molecular flexibility index (Phi) is 37.7. The molecule has 0 saturated carbocycles. The maximum absolute atomic E-state index is 12.6. The van der Waals surface area contributed by atoms with E-state index in [4.69, 9.17) is 19.1 Å². The maximum Gasteiger partial charge on any atom is 0.472 e. The molecule has 1 unspecified atom stereocenters. The Hall–Kier alpha value is -2.07. The molecule has 0 aliphatic heterocycles. The van der Waals surface area contributed by atoms with E-state index in [1.165, 1.54) is 77.0 Å². The number of allylic oxidation sites excluding steroid dienone is 8. The molecule has 0 saturated heterocycles. The van der Waals surface area contributed by atoms with Gasteiger partial charge in [-0.15, -0.1) is 0 Å². The minimum absolute atomic E-state index is 0.158. The molecule has 314 valence electrons. The van der Waals surface area contributed by atoms with Gasteiger partial charge in [0.2, 0.25) is 0 Å². The van der Waals surface area contributed by atoms with Gasteiger partial charge in [0.15, 0.2) is 6.10 Å². The quantitative estimate of drug-likeness (QED) is 0.0238. The Morgan fingerprint density at radius 2 is 1.02 bits per heavy atom. The predicted molar refractivity (Wildman–Crippen MR) is 219 cm³/mol. The number of unbranched alkanes of at least 4 members (excludes halogenated alkanes) is 20. The number of aliphatic hydroxyl groups is 2. The van der Waals surface area contributed by atoms with Crippen LogP contribution in [0.1, 0.15) is 174 Å². The van der Waals surface area contributed by atoms with Gasteiger partial charge in [0, 0.05) is 12.8 Å². The van der Waals surface area contributed by atoms with E-state index in [0.717, 1.165) is 57.8 Å². The summed E-state index contributed by atoms with van der Waals surface area (Å²) < 4.78 is 32.7. The molecular weight excluding hydrogens is 707 g/mol. The summed E-state index contributed by atoms with van der Waals surface area (Å²) in [6.07, 6.45) is 40.7. The lowest BCUT2D eigenvalue weighted by molar-refractivity contribution is -0.161. The zero-order valence-corrected chi connectivity index (χ0v) is 34.8. The van der Waals surface area contributed by atoms with Crippen molar-refractivity contribution in [2.75, 3.05) is 26.4 Å². The van der Waals surface area contributed by atoms with E-state index in [0.29, 0.717) is 12.8 Å². The molecular formula is C43H77O10P. The third-order valence-corrected chi connectivity index (χ3v) is 9.79. The lowest BCUT2D eigenvalue weighted by atomic mass is 10.0. The lowest BCUT2D eigenvalue weighted by Crippen LogP contribution is -2.29. The van der Waals surface area contributed by atoms with Crippen LogP contribution in [0.2, 0.25) is 0 Å². The van der Waals surface area contributed by atoms with E-state index in [1.54, 1.807) is 0 Å². The van der Waals surface area contributed by atoms with Gasteiger partial charge in [-0.2, -0.15) is 0 Å². The number of carbonyl (C=O) groups is 2. The van der Waals surface area contributed by atoms with E-state index in [9.17, 15) is 24.2 Å². The van der Waals surface area contributed by atoms with Crippen LogP contribution < -0.4 is 0 Å². The first kappa shape index (κ1) is 51.9. The van der Waals surface area contributed by atoms with Gasteiger partial charge in [-0.1, -0.05) is 178 Å². The second-order valence-electron chi connectivity index (χ2n) is 14.1. The summed E-state index contributed by atoms with van der Waals surface area (Å²) >= 11 is 0. The molecule has 0 radical (unpaired) electrons. The van der Waals surface area contributed by atoms with Crippen LogP contribution in [0.25, 0.3) is 0 Å². The van der Waals surface area contributed by atoms with Crippen LogP contribution in [0, 0.1) is 0 Å². The van der Waals surface area contributed by atoms with Gasteiger partial charge < -0.3 is 24.6 Å². The smallest absolute Gasteiger partial charge is 0.462 e. The Morgan fingerprint density at radius 1 is 0.574 bits per heavy atom. The van der Waals surface area contributed by atoms with Gasteiger partial charge in [-0.3, -0.25) is 18.6 Å². The van der Waals surface area contributed by atoms with Gasteiger partial charge in [0.05, 0.1) is 19.8 Å². The van der Waals surface area contributed by atoms with Crippen LogP contribution in [0.5, 0.6) is 0 Å². The van der Waals surface area contributed by atoms with Crippen LogP contribution in [0.3, 0.4) is 0 Å². The fraction of sp³-hybridized carbons (Fsp3) is 0.767. The van der Waals surface area contributed by atoms with E-state index in [1.807, 2.05) is 36.5 Å². The third-order valence-electron chi connectivity index (χ3n) is 8.84. The van der Waals surface area contributed by atoms with Crippen LogP contribution >= 0.6 is 7.82 Å². The number of hydrogen-bond acceptors (Lipinski definition) is 9. The lowest BCUT2D eigenvalue weighted by Gasteiger charge is -2.20. The summed E-state index contributed by atoms with van der Waals surface area (Å²) in [4.78, 5) is 34.9. The summed E-state index contributed by atoms with van der Waals surface area (Å²) in [5.41, 5.74) is 0. The zero-order valence-electron chi connectivity index (χ0n) is 33.9. The van der Waals surface area contributed by atoms with Gasteiger partial charge in [0.1, 0.15) is 12.7 Å². The number of phosphoric acid groups is 1. The van der Waals surface area contributed by atoms with Gasteiger partial charge in [-0.25, -0.2) is 4.57 Å². The number of ether oxygens (including phenoxy) is 2. The molecule has 3 atom stereocenters. The largest absolute Gasteiger partial charge is 0.472 e. The topological polar surface area (TPSA) is 149 Å². The first-order chi connectivity index (χ1) is 26.2. The van der Waals surface area contributed by atoms with Gasteiger partial charge in [0.25, 0.3) is 0 Å². The van der Waals surface area contributed by atoms with Gasteiger partial charge in [-0.05, 0) is 32.1 Å². The van der Waals surface area contributed by atoms with Crippen molar-refractivity contribution in [2.45, 2.75) is 187 Å². The summed E-state index contributed by atoms with van der Waals surface area (Å²) in [7, 11) is -4.62. The van der Waals surface area contributed by atoms with Crippen LogP contribution in [0.15, 0.2) is 48.6 Å². The summed E-state index contributed by atoms with van der Waals surface area (Å²) in [6, 6.07) is 0. The van der Waals surface area contributed by atoms with Crippen molar-refractivity contribution in [3.63, 3.8) is 0 Å². The molecule has 0 spiro atoms. The monoisotopic (exact) mass is 785 g/mol. The summed E-state index contributed by atoms with van der Waals surface area (Å²) in [5.74, 6) is -0.950. The molecule has 0 aromatic heterocycles. The first-order valence-corrected chi connectivity index (χ1v) is 22.6. The average molecular weight is 785 g/mol. The number of phosphoric ester groups is 1. The van der Waals surface area contributed by atoms with Crippen LogP contribution in [0.4, 0.5) is 0 Å². The van der Waals surface area contributed by atoms with Gasteiger partial charge >= 0.3 is 19.8 Å². The number of esters is 2. The van der Waals surface area contributed by atoms with E-state index in [2.05, 4.69) is 30.5 Å². The number of carbonyl (C=O) groups excluding carboxylic acids is 2. The van der Waals surface area contributed by atoms with Crippen molar-refractivity contribution in [1.29, 1.82) is 0 Å². The number of aliphatic hydroxyl groups excluding tert-OH is 2. The molecule has 0 aliphatic carbocycles. The molecule has 0 aromatic carbocycles. The number of hydrogen-bond donors (Lipinski definition) is 3. The Labute approximate surface area is 328 Å². The molecule has 11 heteroatoms.